The zero-order valence-corrected chi connectivity index (χ0v) is 15.9. The molecule has 1 aliphatic rings. The summed E-state index contributed by atoms with van der Waals surface area (Å²) in [5.41, 5.74) is 1.77. The van der Waals surface area contributed by atoms with Crippen molar-refractivity contribution in [1.29, 1.82) is 0 Å². The molecule has 140 valence electrons. The van der Waals surface area contributed by atoms with Gasteiger partial charge < -0.3 is 14.4 Å². The Bertz CT molecular complexity index is 945. The van der Waals surface area contributed by atoms with Crippen LogP contribution >= 0.6 is 0 Å². The van der Waals surface area contributed by atoms with Gasteiger partial charge in [-0.1, -0.05) is 24.3 Å². The van der Waals surface area contributed by atoms with E-state index in [9.17, 15) is 4.79 Å². The number of imidazole rings is 1. The van der Waals surface area contributed by atoms with E-state index in [1.807, 2.05) is 35.0 Å². The predicted molar refractivity (Wildman–Crippen MR) is 106 cm³/mol. The van der Waals surface area contributed by atoms with Crippen LogP contribution in [0.1, 0.15) is 16.1 Å². The van der Waals surface area contributed by atoms with Crippen molar-refractivity contribution in [2.24, 2.45) is 13.0 Å². The highest BCUT2D eigenvalue weighted by Gasteiger charge is 2.26. The van der Waals surface area contributed by atoms with Gasteiger partial charge in [-0.25, -0.2) is 4.98 Å². The number of hydrogen-bond donors (Lipinski definition) is 0. The van der Waals surface area contributed by atoms with Crippen molar-refractivity contribution in [1.82, 2.24) is 24.3 Å². The highest BCUT2D eigenvalue weighted by atomic mass is 16.2. The lowest BCUT2D eigenvalue weighted by Crippen LogP contribution is -2.36. The van der Waals surface area contributed by atoms with Gasteiger partial charge in [0, 0.05) is 57.2 Å². The molecule has 4 rings (SSSR count). The zero-order chi connectivity index (χ0) is 18.8. The van der Waals surface area contributed by atoms with Crippen molar-refractivity contribution >= 4 is 16.7 Å². The first-order valence-corrected chi connectivity index (χ1v) is 9.37. The molecule has 1 fully saturated rings. The van der Waals surface area contributed by atoms with Gasteiger partial charge in [-0.2, -0.15) is 0 Å². The number of carbonyl (C=O) groups is 1. The summed E-state index contributed by atoms with van der Waals surface area (Å²) in [6, 6.07) is 8.37. The van der Waals surface area contributed by atoms with E-state index in [1.165, 1.54) is 16.3 Å². The largest absolute Gasteiger partial charge is 0.340 e. The summed E-state index contributed by atoms with van der Waals surface area (Å²) in [6.45, 7) is 3.32. The molecule has 1 aromatic carbocycles. The lowest BCUT2D eigenvalue weighted by atomic mass is 9.96. The number of carbonyl (C=O) groups excluding carboxylic acids is 1. The Morgan fingerprint density at radius 3 is 2.81 bits per heavy atom. The molecular formula is C21H25N5O. The minimum atomic E-state index is 0.0203. The topological polar surface area (TPSA) is 54.3 Å². The third-order valence-electron chi connectivity index (χ3n) is 5.27. The van der Waals surface area contributed by atoms with Gasteiger partial charge in [-0.3, -0.25) is 9.78 Å². The van der Waals surface area contributed by atoms with E-state index < -0.39 is 0 Å². The lowest BCUT2D eigenvalue weighted by Gasteiger charge is -2.24. The number of amides is 1. The Kier molecular flexibility index (Phi) is 4.90. The molecule has 0 radical (unpaired) electrons. The van der Waals surface area contributed by atoms with Crippen molar-refractivity contribution in [2.45, 2.75) is 6.42 Å². The average Bonchev–Trinajstić information content (AvgIpc) is 3.02. The van der Waals surface area contributed by atoms with Crippen LogP contribution in [0.15, 0.2) is 49.2 Å². The number of aromatic nitrogens is 3. The second-order valence-corrected chi connectivity index (χ2v) is 7.53. The Balaban J connectivity index is 1.56. The van der Waals surface area contributed by atoms with Crippen LogP contribution in [0.3, 0.4) is 0 Å². The standard InChI is InChI=1S/C21H25N5O/c1-24-7-8-26(21(27)20-14-25(2)15-23-20)13-16(12-24)9-18-11-22-10-17-5-3-4-6-19(17)18/h3-6,10-11,14-16H,7-9,12-13H2,1-2H3. The van der Waals surface area contributed by atoms with Gasteiger partial charge in [0.25, 0.3) is 5.91 Å². The first kappa shape index (κ1) is 17.7. The number of aryl methyl sites for hydroxylation is 1. The van der Waals surface area contributed by atoms with Crippen LogP contribution in [0.2, 0.25) is 0 Å². The number of likely N-dealkylation sites (N-methyl/N-ethyl adjacent to an activating group) is 1. The molecule has 0 bridgehead atoms. The highest BCUT2D eigenvalue weighted by Crippen LogP contribution is 2.22. The SMILES string of the molecule is CN1CCN(C(=O)c2cn(C)cn2)CC(Cc2cncc3ccccc23)C1. The molecule has 27 heavy (non-hydrogen) atoms. The smallest absolute Gasteiger partial charge is 0.274 e. The number of fused-ring (bicyclic) bond motifs is 1. The summed E-state index contributed by atoms with van der Waals surface area (Å²) < 4.78 is 1.82. The molecule has 6 nitrogen and oxygen atoms in total. The molecule has 1 atom stereocenters. The molecule has 1 unspecified atom stereocenters. The number of hydrogen-bond acceptors (Lipinski definition) is 4. The third-order valence-corrected chi connectivity index (χ3v) is 5.27. The van der Waals surface area contributed by atoms with Crippen LogP contribution in [0, 0.1) is 5.92 Å². The summed E-state index contributed by atoms with van der Waals surface area (Å²) >= 11 is 0. The molecule has 1 saturated heterocycles. The normalized spacial score (nSPS) is 18.6. The van der Waals surface area contributed by atoms with E-state index in [1.54, 1.807) is 12.5 Å². The molecule has 3 aromatic rings. The number of nitrogens with zero attached hydrogens (tertiary/aromatic N) is 5. The minimum absolute atomic E-state index is 0.0203. The molecule has 1 amide bonds. The van der Waals surface area contributed by atoms with E-state index in [2.05, 4.69) is 40.1 Å². The molecule has 0 saturated carbocycles. The third kappa shape index (κ3) is 3.85. The maximum Gasteiger partial charge on any atom is 0.274 e. The van der Waals surface area contributed by atoms with Crippen molar-refractivity contribution in [3.8, 4) is 0 Å². The van der Waals surface area contributed by atoms with Crippen LogP contribution in [-0.2, 0) is 13.5 Å². The monoisotopic (exact) mass is 363 g/mol. The van der Waals surface area contributed by atoms with Gasteiger partial charge in [0.1, 0.15) is 5.69 Å². The Labute approximate surface area is 159 Å². The molecule has 0 spiro atoms. The predicted octanol–water partition coefficient (Wildman–Crippen LogP) is 2.21. The fraction of sp³-hybridized carbons (Fsp3) is 0.381. The highest BCUT2D eigenvalue weighted by molar-refractivity contribution is 5.92. The van der Waals surface area contributed by atoms with E-state index >= 15 is 0 Å². The summed E-state index contributed by atoms with van der Waals surface area (Å²) in [5, 5.41) is 2.42. The lowest BCUT2D eigenvalue weighted by molar-refractivity contribution is 0.0741. The van der Waals surface area contributed by atoms with Gasteiger partial charge >= 0.3 is 0 Å². The zero-order valence-electron chi connectivity index (χ0n) is 15.9. The van der Waals surface area contributed by atoms with E-state index in [-0.39, 0.29) is 5.91 Å². The van der Waals surface area contributed by atoms with Gasteiger partial charge in [0.05, 0.1) is 6.33 Å². The maximum absolute atomic E-state index is 12.9. The van der Waals surface area contributed by atoms with Gasteiger partial charge in [-0.15, -0.1) is 0 Å². The quantitative estimate of drug-likeness (QED) is 0.716. The summed E-state index contributed by atoms with van der Waals surface area (Å²) in [4.78, 5) is 25.8. The average molecular weight is 363 g/mol. The van der Waals surface area contributed by atoms with Crippen molar-refractivity contribution in [2.75, 3.05) is 33.2 Å². The van der Waals surface area contributed by atoms with Gasteiger partial charge in [-0.05, 0) is 30.3 Å². The second-order valence-electron chi connectivity index (χ2n) is 7.53. The summed E-state index contributed by atoms with van der Waals surface area (Å²) in [6.07, 6.45) is 8.26. The Hall–Kier alpha value is -2.73. The van der Waals surface area contributed by atoms with Crippen molar-refractivity contribution in [3.63, 3.8) is 0 Å². The Morgan fingerprint density at radius 2 is 2.00 bits per heavy atom. The fourth-order valence-electron chi connectivity index (χ4n) is 3.94. The van der Waals surface area contributed by atoms with Crippen LogP contribution < -0.4 is 0 Å². The Morgan fingerprint density at radius 1 is 1.15 bits per heavy atom. The molecule has 0 N–H and O–H groups in total. The van der Waals surface area contributed by atoms with Crippen LogP contribution in [0.5, 0.6) is 0 Å². The molecule has 0 aliphatic carbocycles. The minimum Gasteiger partial charge on any atom is -0.340 e. The molecule has 2 aromatic heterocycles. The van der Waals surface area contributed by atoms with E-state index in [0.717, 1.165) is 32.6 Å². The molecule has 3 heterocycles. The molecule has 1 aliphatic heterocycles. The molecule has 6 heteroatoms. The number of pyridine rings is 1. The van der Waals surface area contributed by atoms with Crippen molar-refractivity contribution in [3.05, 3.63) is 60.4 Å². The van der Waals surface area contributed by atoms with Crippen LogP contribution in [-0.4, -0.2) is 63.5 Å². The summed E-state index contributed by atoms with van der Waals surface area (Å²) in [7, 11) is 4.01. The number of rotatable bonds is 3. The fourth-order valence-corrected chi connectivity index (χ4v) is 3.94. The van der Waals surface area contributed by atoms with Gasteiger partial charge in [0.15, 0.2) is 0 Å². The maximum atomic E-state index is 12.9. The first-order chi connectivity index (χ1) is 13.1. The van der Waals surface area contributed by atoms with E-state index in [0.29, 0.717) is 11.6 Å². The van der Waals surface area contributed by atoms with E-state index in [4.69, 9.17) is 0 Å². The second kappa shape index (κ2) is 7.48. The summed E-state index contributed by atoms with van der Waals surface area (Å²) in [5.74, 6) is 0.379. The molecular weight excluding hydrogens is 338 g/mol. The first-order valence-electron chi connectivity index (χ1n) is 9.37. The van der Waals surface area contributed by atoms with Gasteiger partial charge in [0.2, 0.25) is 0 Å². The van der Waals surface area contributed by atoms with Crippen LogP contribution in [0.25, 0.3) is 10.8 Å². The van der Waals surface area contributed by atoms with Crippen molar-refractivity contribution < 1.29 is 4.79 Å². The number of benzene rings is 1. The van der Waals surface area contributed by atoms with Crippen LogP contribution in [0.4, 0.5) is 0 Å².